The predicted octanol–water partition coefficient (Wildman–Crippen LogP) is 1.64. The van der Waals surface area contributed by atoms with Crippen molar-refractivity contribution < 1.29 is 9.00 Å². The number of nitrogens with one attached hydrogen (secondary N) is 1. The summed E-state index contributed by atoms with van der Waals surface area (Å²) in [7, 11) is -0.694. The molecule has 0 saturated carbocycles. The molecule has 5 heteroatoms. The molecule has 2 saturated heterocycles. The Morgan fingerprint density at radius 1 is 1.24 bits per heavy atom. The Balaban J connectivity index is 1.88. The van der Waals surface area contributed by atoms with Crippen LogP contribution in [0.1, 0.15) is 35.7 Å². The van der Waals surface area contributed by atoms with Gasteiger partial charge in [-0.15, -0.1) is 0 Å². The molecule has 21 heavy (non-hydrogen) atoms. The molecule has 3 rings (SSSR count). The number of carbonyl (C=O) groups excluding carboxylic acids is 1. The molecule has 2 fully saturated rings. The Labute approximate surface area is 128 Å². The molecule has 114 valence electrons. The SMILES string of the molecule is Cc1ccc(C)c(C2NCC(=O)N2C2CCS(=O)CC2)c1. The third-order valence-electron chi connectivity index (χ3n) is 4.49. The molecule has 1 N–H and O–H groups in total. The highest BCUT2D eigenvalue weighted by molar-refractivity contribution is 7.85. The maximum atomic E-state index is 12.3. The summed E-state index contributed by atoms with van der Waals surface area (Å²) in [5.74, 6) is 1.60. The Kier molecular flexibility index (Phi) is 4.13. The summed E-state index contributed by atoms with van der Waals surface area (Å²) >= 11 is 0. The molecule has 1 amide bonds. The van der Waals surface area contributed by atoms with Gasteiger partial charge in [0.15, 0.2) is 0 Å². The average Bonchev–Trinajstić information content (AvgIpc) is 2.84. The van der Waals surface area contributed by atoms with E-state index in [9.17, 15) is 9.00 Å². The summed E-state index contributed by atoms with van der Waals surface area (Å²) < 4.78 is 11.5. The first-order valence-electron chi connectivity index (χ1n) is 7.53. The predicted molar refractivity (Wildman–Crippen MR) is 84.4 cm³/mol. The van der Waals surface area contributed by atoms with Crippen LogP contribution in [0.3, 0.4) is 0 Å². The normalized spacial score (nSPS) is 29.9. The fraction of sp³-hybridized carbons (Fsp3) is 0.562. The molecule has 0 aromatic heterocycles. The minimum Gasteiger partial charge on any atom is -0.319 e. The van der Waals surface area contributed by atoms with Crippen molar-refractivity contribution in [3.63, 3.8) is 0 Å². The molecule has 0 spiro atoms. The molecular formula is C16H22N2O2S. The topological polar surface area (TPSA) is 49.4 Å². The Morgan fingerprint density at radius 2 is 1.95 bits per heavy atom. The minimum atomic E-state index is -0.694. The number of hydrogen-bond acceptors (Lipinski definition) is 3. The van der Waals surface area contributed by atoms with Gasteiger partial charge in [0.25, 0.3) is 0 Å². The van der Waals surface area contributed by atoms with Crippen molar-refractivity contribution in [3.8, 4) is 0 Å². The monoisotopic (exact) mass is 306 g/mol. The Morgan fingerprint density at radius 3 is 2.67 bits per heavy atom. The minimum absolute atomic E-state index is 0.0334. The summed E-state index contributed by atoms with van der Waals surface area (Å²) in [5.41, 5.74) is 3.60. The van der Waals surface area contributed by atoms with Crippen molar-refractivity contribution in [1.82, 2.24) is 10.2 Å². The van der Waals surface area contributed by atoms with Crippen LogP contribution >= 0.6 is 0 Å². The van der Waals surface area contributed by atoms with Gasteiger partial charge in [-0.1, -0.05) is 23.8 Å². The zero-order valence-electron chi connectivity index (χ0n) is 12.6. The quantitative estimate of drug-likeness (QED) is 0.904. The van der Waals surface area contributed by atoms with Gasteiger partial charge < -0.3 is 4.90 Å². The number of amides is 1. The highest BCUT2D eigenvalue weighted by Crippen LogP contribution is 2.31. The van der Waals surface area contributed by atoms with Gasteiger partial charge in [0, 0.05) is 28.3 Å². The van der Waals surface area contributed by atoms with Crippen LogP contribution in [0.15, 0.2) is 18.2 Å². The molecule has 2 heterocycles. The number of benzene rings is 1. The Bertz CT molecular complexity index is 578. The number of carbonyl (C=O) groups is 1. The molecule has 0 aliphatic carbocycles. The number of aryl methyl sites for hydroxylation is 2. The van der Waals surface area contributed by atoms with Crippen LogP contribution in [0.2, 0.25) is 0 Å². The van der Waals surface area contributed by atoms with Crippen molar-refractivity contribution in [2.24, 2.45) is 0 Å². The van der Waals surface area contributed by atoms with E-state index in [2.05, 4.69) is 37.4 Å². The second-order valence-electron chi connectivity index (χ2n) is 6.02. The number of hydrogen-bond donors (Lipinski definition) is 1. The molecule has 1 aromatic carbocycles. The highest BCUT2D eigenvalue weighted by atomic mass is 32.2. The van der Waals surface area contributed by atoms with Crippen molar-refractivity contribution in [3.05, 3.63) is 34.9 Å². The van der Waals surface area contributed by atoms with Crippen LogP contribution in [0, 0.1) is 13.8 Å². The summed E-state index contributed by atoms with van der Waals surface area (Å²) in [4.78, 5) is 14.3. The van der Waals surface area contributed by atoms with E-state index in [1.165, 1.54) is 16.7 Å². The fourth-order valence-corrected chi connectivity index (χ4v) is 4.58. The summed E-state index contributed by atoms with van der Waals surface area (Å²) in [6.07, 6.45) is 1.66. The molecule has 2 aliphatic heterocycles. The van der Waals surface area contributed by atoms with Gasteiger partial charge in [0.2, 0.25) is 5.91 Å². The lowest BCUT2D eigenvalue weighted by atomic mass is 10.0. The van der Waals surface area contributed by atoms with Crippen molar-refractivity contribution in [2.45, 2.75) is 38.9 Å². The molecule has 1 aromatic rings. The van der Waals surface area contributed by atoms with Gasteiger partial charge in [0.05, 0.1) is 6.54 Å². The zero-order valence-corrected chi connectivity index (χ0v) is 13.4. The lowest BCUT2D eigenvalue weighted by Gasteiger charge is -2.35. The molecule has 4 nitrogen and oxygen atoms in total. The van der Waals surface area contributed by atoms with E-state index in [4.69, 9.17) is 0 Å². The third kappa shape index (κ3) is 2.90. The van der Waals surface area contributed by atoms with Crippen LogP contribution in [0.5, 0.6) is 0 Å². The molecule has 2 aliphatic rings. The van der Waals surface area contributed by atoms with Gasteiger partial charge >= 0.3 is 0 Å². The second kappa shape index (κ2) is 5.89. The van der Waals surface area contributed by atoms with Crippen LogP contribution < -0.4 is 5.32 Å². The first-order valence-corrected chi connectivity index (χ1v) is 9.02. The fourth-order valence-electron chi connectivity index (χ4n) is 3.31. The van der Waals surface area contributed by atoms with Gasteiger partial charge in [-0.05, 0) is 37.8 Å². The number of rotatable bonds is 2. The molecule has 1 unspecified atom stereocenters. The van der Waals surface area contributed by atoms with Crippen molar-refractivity contribution >= 4 is 16.7 Å². The third-order valence-corrected chi connectivity index (χ3v) is 5.88. The molecular weight excluding hydrogens is 284 g/mol. The highest BCUT2D eigenvalue weighted by Gasteiger charge is 2.38. The summed E-state index contributed by atoms with van der Waals surface area (Å²) in [6.45, 7) is 4.57. The largest absolute Gasteiger partial charge is 0.319 e. The summed E-state index contributed by atoms with van der Waals surface area (Å²) in [6, 6.07) is 6.60. The maximum Gasteiger partial charge on any atom is 0.238 e. The van der Waals surface area contributed by atoms with Gasteiger partial charge in [0.1, 0.15) is 6.17 Å². The van der Waals surface area contributed by atoms with E-state index in [-0.39, 0.29) is 18.1 Å². The lowest BCUT2D eigenvalue weighted by molar-refractivity contribution is -0.130. The smallest absolute Gasteiger partial charge is 0.238 e. The van der Waals surface area contributed by atoms with Crippen molar-refractivity contribution in [1.29, 1.82) is 0 Å². The van der Waals surface area contributed by atoms with Gasteiger partial charge in [-0.2, -0.15) is 0 Å². The lowest BCUT2D eigenvalue weighted by Crippen LogP contribution is -2.43. The maximum absolute atomic E-state index is 12.3. The molecule has 0 bridgehead atoms. The Hall–Kier alpha value is -1.20. The standard InChI is InChI=1S/C16H22N2O2S/c1-11-3-4-12(2)14(9-11)16-17-10-15(19)18(16)13-5-7-21(20)8-6-13/h3-4,9,13,16-17H,5-8,10H2,1-2H3. The van der Waals surface area contributed by atoms with Gasteiger partial charge in [-0.3, -0.25) is 14.3 Å². The van der Waals surface area contributed by atoms with E-state index in [1.807, 2.05) is 4.90 Å². The van der Waals surface area contributed by atoms with Crippen LogP contribution in [-0.4, -0.2) is 39.1 Å². The average molecular weight is 306 g/mol. The van der Waals surface area contributed by atoms with E-state index in [1.54, 1.807) is 0 Å². The zero-order chi connectivity index (χ0) is 15.0. The van der Waals surface area contributed by atoms with Crippen LogP contribution in [0.4, 0.5) is 0 Å². The first kappa shape index (κ1) is 14.7. The molecule has 0 radical (unpaired) electrons. The van der Waals surface area contributed by atoms with E-state index >= 15 is 0 Å². The van der Waals surface area contributed by atoms with E-state index in [0.717, 1.165) is 12.8 Å². The van der Waals surface area contributed by atoms with Crippen LogP contribution in [-0.2, 0) is 15.6 Å². The van der Waals surface area contributed by atoms with E-state index in [0.29, 0.717) is 18.1 Å². The second-order valence-corrected chi connectivity index (χ2v) is 7.72. The number of nitrogens with zero attached hydrogens (tertiary/aromatic N) is 1. The van der Waals surface area contributed by atoms with Crippen LogP contribution in [0.25, 0.3) is 0 Å². The van der Waals surface area contributed by atoms with E-state index < -0.39 is 10.8 Å². The first-order chi connectivity index (χ1) is 10.1. The van der Waals surface area contributed by atoms with Gasteiger partial charge in [-0.25, -0.2) is 0 Å². The van der Waals surface area contributed by atoms with Crippen molar-refractivity contribution in [2.75, 3.05) is 18.1 Å². The summed E-state index contributed by atoms with van der Waals surface area (Å²) in [5, 5.41) is 3.35. The molecule has 1 atom stereocenters.